The van der Waals surface area contributed by atoms with Gasteiger partial charge in [-0.15, -0.1) is 0 Å². The number of hydrogen-bond acceptors (Lipinski definition) is 3. The summed E-state index contributed by atoms with van der Waals surface area (Å²) in [4.78, 5) is 38.3. The van der Waals surface area contributed by atoms with Crippen molar-refractivity contribution in [3.63, 3.8) is 0 Å². The van der Waals surface area contributed by atoms with Gasteiger partial charge in [0, 0.05) is 11.1 Å². The van der Waals surface area contributed by atoms with E-state index >= 15 is 0 Å². The zero-order chi connectivity index (χ0) is 17.7. The fraction of sp³-hybridized carbons (Fsp3) is 0.211. The zero-order valence-electron chi connectivity index (χ0n) is 13.5. The minimum Gasteiger partial charge on any atom is -0.480 e. The monoisotopic (exact) mass is 325 g/mol. The Morgan fingerprint density at radius 2 is 1.17 bits per heavy atom. The van der Waals surface area contributed by atoms with Gasteiger partial charge < -0.3 is 5.11 Å². The van der Waals surface area contributed by atoms with Crippen molar-refractivity contribution in [1.29, 1.82) is 0 Å². The first-order valence-corrected chi connectivity index (χ1v) is 7.64. The lowest BCUT2D eigenvalue weighted by atomic mass is 10.00. The number of carboxylic acid groups (broad SMARTS) is 1. The second-order valence-corrected chi connectivity index (χ2v) is 5.74. The molecular formula is C19H19NO4. The van der Waals surface area contributed by atoms with Crippen molar-refractivity contribution in [2.24, 2.45) is 5.92 Å². The normalized spacial score (nSPS) is 11.8. The van der Waals surface area contributed by atoms with E-state index < -0.39 is 29.7 Å². The van der Waals surface area contributed by atoms with Crippen LogP contribution in [-0.4, -0.2) is 33.8 Å². The van der Waals surface area contributed by atoms with Crippen LogP contribution in [0.4, 0.5) is 0 Å². The third-order valence-corrected chi connectivity index (χ3v) is 3.64. The van der Waals surface area contributed by atoms with E-state index in [1.807, 2.05) is 0 Å². The molecule has 0 heterocycles. The maximum Gasteiger partial charge on any atom is 0.327 e. The SMILES string of the molecule is CC(C)C(C(=O)O)N(C(=O)c1ccccc1)C(=O)c1ccccc1. The van der Waals surface area contributed by atoms with Gasteiger partial charge in [0.05, 0.1) is 0 Å². The summed E-state index contributed by atoms with van der Waals surface area (Å²) in [6.45, 7) is 3.34. The smallest absolute Gasteiger partial charge is 0.327 e. The standard InChI is InChI=1S/C19H19NO4/c1-13(2)16(19(23)24)20(17(21)14-9-5-3-6-10-14)18(22)15-11-7-4-8-12-15/h3-13,16H,1-2H3,(H,23,24). The fourth-order valence-electron chi connectivity index (χ4n) is 2.48. The topological polar surface area (TPSA) is 74.7 Å². The van der Waals surface area contributed by atoms with Gasteiger partial charge in [0.1, 0.15) is 6.04 Å². The molecule has 5 nitrogen and oxygen atoms in total. The summed E-state index contributed by atoms with van der Waals surface area (Å²) in [6.07, 6.45) is 0. The van der Waals surface area contributed by atoms with Crippen molar-refractivity contribution < 1.29 is 19.5 Å². The number of carbonyl (C=O) groups is 3. The first kappa shape index (κ1) is 17.4. The van der Waals surface area contributed by atoms with E-state index in [4.69, 9.17) is 0 Å². The lowest BCUT2D eigenvalue weighted by molar-refractivity contribution is -0.143. The van der Waals surface area contributed by atoms with Gasteiger partial charge in [-0.1, -0.05) is 50.2 Å². The third-order valence-electron chi connectivity index (χ3n) is 3.64. The Bertz CT molecular complexity index is 674. The Labute approximate surface area is 140 Å². The molecule has 0 aliphatic heterocycles. The summed E-state index contributed by atoms with van der Waals surface area (Å²) < 4.78 is 0. The number of nitrogens with zero attached hydrogens (tertiary/aromatic N) is 1. The average Bonchev–Trinajstić information content (AvgIpc) is 2.59. The van der Waals surface area contributed by atoms with Crippen LogP contribution in [-0.2, 0) is 4.79 Å². The Morgan fingerprint density at radius 3 is 1.46 bits per heavy atom. The number of aliphatic carboxylic acids is 1. The molecule has 5 heteroatoms. The zero-order valence-corrected chi connectivity index (χ0v) is 13.5. The van der Waals surface area contributed by atoms with Crippen LogP contribution in [0.5, 0.6) is 0 Å². The molecule has 1 unspecified atom stereocenters. The maximum atomic E-state index is 12.9. The Balaban J connectivity index is 2.51. The quantitative estimate of drug-likeness (QED) is 0.857. The molecule has 124 valence electrons. The van der Waals surface area contributed by atoms with Crippen LogP contribution in [0.2, 0.25) is 0 Å². The second-order valence-electron chi connectivity index (χ2n) is 5.74. The van der Waals surface area contributed by atoms with E-state index in [2.05, 4.69) is 0 Å². The van der Waals surface area contributed by atoms with Gasteiger partial charge in [0.2, 0.25) is 0 Å². The molecule has 0 aliphatic rings. The van der Waals surface area contributed by atoms with Gasteiger partial charge in [-0.2, -0.15) is 0 Å². The average molecular weight is 325 g/mol. The highest BCUT2D eigenvalue weighted by Crippen LogP contribution is 2.19. The van der Waals surface area contributed by atoms with Crippen LogP contribution in [0, 0.1) is 5.92 Å². The summed E-state index contributed by atoms with van der Waals surface area (Å²) in [5.74, 6) is -2.88. The second kappa shape index (κ2) is 7.55. The van der Waals surface area contributed by atoms with E-state index in [9.17, 15) is 19.5 Å². The van der Waals surface area contributed by atoms with Gasteiger partial charge in [-0.25, -0.2) is 4.79 Å². The molecule has 2 amide bonds. The van der Waals surface area contributed by atoms with Crippen molar-refractivity contribution in [1.82, 2.24) is 4.90 Å². The summed E-state index contributed by atoms with van der Waals surface area (Å²) in [5.41, 5.74) is 0.544. The van der Waals surface area contributed by atoms with Crippen LogP contribution in [0.3, 0.4) is 0 Å². The number of amides is 2. The molecule has 2 aromatic carbocycles. The summed E-state index contributed by atoms with van der Waals surface area (Å²) >= 11 is 0. The number of benzene rings is 2. The minimum atomic E-state index is -1.24. The van der Waals surface area contributed by atoms with Gasteiger partial charge in [-0.05, 0) is 30.2 Å². The van der Waals surface area contributed by atoms with Crippen molar-refractivity contribution >= 4 is 17.8 Å². The van der Waals surface area contributed by atoms with E-state index in [1.165, 1.54) is 0 Å². The van der Waals surface area contributed by atoms with Crippen LogP contribution in [0.1, 0.15) is 34.6 Å². The number of carbonyl (C=O) groups excluding carboxylic acids is 2. The molecule has 0 bridgehead atoms. The highest BCUT2D eigenvalue weighted by atomic mass is 16.4. The molecule has 0 fully saturated rings. The summed E-state index contributed by atoms with van der Waals surface area (Å²) in [6, 6.07) is 15.2. The van der Waals surface area contributed by atoms with Crippen LogP contribution < -0.4 is 0 Å². The molecule has 0 spiro atoms. The minimum absolute atomic E-state index is 0.272. The maximum absolute atomic E-state index is 12.9. The van der Waals surface area contributed by atoms with Gasteiger partial charge in [0.25, 0.3) is 11.8 Å². The highest BCUT2D eigenvalue weighted by Gasteiger charge is 2.37. The van der Waals surface area contributed by atoms with Crippen LogP contribution in [0.15, 0.2) is 60.7 Å². The summed E-state index contributed by atoms with van der Waals surface area (Å²) in [7, 11) is 0. The fourth-order valence-corrected chi connectivity index (χ4v) is 2.48. The molecule has 2 rings (SSSR count). The largest absolute Gasteiger partial charge is 0.480 e. The molecule has 0 radical (unpaired) electrons. The van der Waals surface area contributed by atoms with Crippen molar-refractivity contribution in [3.8, 4) is 0 Å². The van der Waals surface area contributed by atoms with E-state index in [0.717, 1.165) is 4.90 Å². The number of rotatable bonds is 5. The Morgan fingerprint density at radius 1 is 0.792 bits per heavy atom. The molecule has 0 aromatic heterocycles. The molecule has 1 atom stereocenters. The van der Waals surface area contributed by atoms with Gasteiger partial charge in [-0.3, -0.25) is 14.5 Å². The van der Waals surface area contributed by atoms with E-state index in [0.29, 0.717) is 0 Å². The van der Waals surface area contributed by atoms with Gasteiger partial charge in [0.15, 0.2) is 0 Å². The predicted molar refractivity (Wildman–Crippen MR) is 89.6 cm³/mol. The molecule has 0 saturated carbocycles. The first-order valence-electron chi connectivity index (χ1n) is 7.64. The Hall–Kier alpha value is -2.95. The van der Waals surface area contributed by atoms with Crippen LogP contribution in [0.25, 0.3) is 0 Å². The van der Waals surface area contributed by atoms with Crippen molar-refractivity contribution in [2.75, 3.05) is 0 Å². The Kier molecular flexibility index (Phi) is 5.47. The number of hydrogen-bond donors (Lipinski definition) is 1. The summed E-state index contributed by atoms with van der Waals surface area (Å²) in [5, 5.41) is 9.56. The number of carboxylic acids is 1. The number of imide groups is 1. The highest BCUT2D eigenvalue weighted by molar-refractivity contribution is 6.12. The molecule has 1 N–H and O–H groups in total. The van der Waals surface area contributed by atoms with E-state index in [1.54, 1.807) is 74.5 Å². The van der Waals surface area contributed by atoms with Gasteiger partial charge >= 0.3 is 5.97 Å². The predicted octanol–water partition coefficient (Wildman–Crippen LogP) is 3.08. The van der Waals surface area contributed by atoms with Crippen molar-refractivity contribution in [2.45, 2.75) is 19.9 Å². The van der Waals surface area contributed by atoms with Crippen LogP contribution >= 0.6 is 0 Å². The lowest BCUT2D eigenvalue weighted by Gasteiger charge is -2.30. The third kappa shape index (κ3) is 3.68. The molecular weight excluding hydrogens is 306 g/mol. The molecule has 2 aromatic rings. The van der Waals surface area contributed by atoms with E-state index in [-0.39, 0.29) is 11.1 Å². The lowest BCUT2D eigenvalue weighted by Crippen LogP contribution is -2.51. The molecule has 0 aliphatic carbocycles. The first-order chi connectivity index (χ1) is 11.4. The van der Waals surface area contributed by atoms with Crippen molar-refractivity contribution in [3.05, 3.63) is 71.8 Å². The molecule has 24 heavy (non-hydrogen) atoms. The molecule has 0 saturated heterocycles.